The van der Waals surface area contributed by atoms with E-state index < -0.39 is 0 Å². The summed E-state index contributed by atoms with van der Waals surface area (Å²) in [5.74, 6) is 1.42. The molecule has 2 aliphatic rings. The third-order valence-electron chi connectivity index (χ3n) is 5.40. The summed E-state index contributed by atoms with van der Waals surface area (Å²) < 4.78 is 5.47. The van der Waals surface area contributed by atoms with Crippen molar-refractivity contribution >= 4 is 23.2 Å². The van der Waals surface area contributed by atoms with Gasteiger partial charge in [0.25, 0.3) is 0 Å². The average Bonchev–Trinajstić information content (AvgIpc) is 3.48. The predicted molar refractivity (Wildman–Crippen MR) is 113 cm³/mol. The van der Waals surface area contributed by atoms with Crippen LogP contribution in [0.4, 0.5) is 0 Å². The van der Waals surface area contributed by atoms with E-state index in [1.54, 1.807) is 11.3 Å². The van der Waals surface area contributed by atoms with Gasteiger partial charge in [-0.3, -0.25) is 9.59 Å². The van der Waals surface area contributed by atoms with Gasteiger partial charge < -0.3 is 15.0 Å². The Hall–Kier alpha value is -2.41. The third-order valence-corrected chi connectivity index (χ3v) is 6.34. The quantitative estimate of drug-likeness (QED) is 0.756. The Balaban J connectivity index is 1.25. The van der Waals surface area contributed by atoms with Gasteiger partial charge in [-0.05, 0) is 56.9 Å². The highest BCUT2D eigenvalue weighted by Crippen LogP contribution is 2.32. The molecule has 2 aromatic rings. The third kappa shape index (κ3) is 5.15. The van der Waals surface area contributed by atoms with Crippen LogP contribution in [0.15, 0.2) is 29.6 Å². The summed E-state index contributed by atoms with van der Waals surface area (Å²) in [4.78, 5) is 31.1. The van der Waals surface area contributed by atoms with Gasteiger partial charge in [-0.1, -0.05) is 0 Å². The molecule has 1 aromatic heterocycles. The molecule has 2 fully saturated rings. The Morgan fingerprint density at radius 2 is 1.90 bits per heavy atom. The zero-order valence-electron chi connectivity index (χ0n) is 16.7. The van der Waals surface area contributed by atoms with Crippen LogP contribution in [-0.2, 0) is 16.0 Å². The lowest BCUT2D eigenvalue weighted by Crippen LogP contribution is -2.47. The van der Waals surface area contributed by atoms with E-state index in [1.165, 1.54) is 0 Å². The molecular formula is C22H27N3O3S. The number of thiazole rings is 1. The monoisotopic (exact) mass is 413 g/mol. The van der Waals surface area contributed by atoms with Crippen molar-refractivity contribution in [1.29, 1.82) is 0 Å². The lowest BCUT2D eigenvalue weighted by molar-refractivity contribution is -0.133. The highest BCUT2D eigenvalue weighted by molar-refractivity contribution is 7.13. The van der Waals surface area contributed by atoms with Gasteiger partial charge >= 0.3 is 0 Å². The van der Waals surface area contributed by atoms with Crippen molar-refractivity contribution in [2.45, 2.75) is 45.1 Å². The summed E-state index contributed by atoms with van der Waals surface area (Å²) in [7, 11) is 0. The first-order valence-corrected chi connectivity index (χ1v) is 11.3. The number of piperidine rings is 1. The van der Waals surface area contributed by atoms with E-state index in [4.69, 9.17) is 4.74 Å². The Bertz CT molecular complexity index is 852. The second-order valence-corrected chi connectivity index (χ2v) is 8.58. The molecule has 154 valence electrons. The normalized spacial score (nSPS) is 17.2. The molecule has 1 saturated carbocycles. The van der Waals surface area contributed by atoms with Crippen LogP contribution in [0.5, 0.6) is 5.75 Å². The number of hydrogen-bond acceptors (Lipinski definition) is 5. The van der Waals surface area contributed by atoms with Gasteiger partial charge in [-0.25, -0.2) is 4.98 Å². The van der Waals surface area contributed by atoms with Crippen LogP contribution in [0.2, 0.25) is 0 Å². The highest BCUT2D eigenvalue weighted by Gasteiger charge is 2.35. The van der Waals surface area contributed by atoms with E-state index in [1.807, 2.05) is 41.5 Å². The van der Waals surface area contributed by atoms with Gasteiger partial charge in [0.05, 0.1) is 18.7 Å². The molecule has 6 nitrogen and oxygen atoms in total. The van der Waals surface area contributed by atoms with Crippen LogP contribution >= 0.6 is 11.3 Å². The molecule has 2 amide bonds. The minimum absolute atomic E-state index is 0.000475. The van der Waals surface area contributed by atoms with Crippen LogP contribution in [0.3, 0.4) is 0 Å². The number of likely N-dealkylation sites (tertiary alicyclic amines) is 1. The van der Waals surface area contributed by atoms with Gasteiger partial charge in [0.2, 0.25) is 11.8 Å². The minimum atomic E-state index is 0.000475. The Labute approximate surface area is 175 Å². The van der Waals surface area contributed by atoms with E-state index in [9.17, 15) is 9.59 Å². The number of rotatable bonds is 7. The van der Waals surface area contributed by atoms with Gasteiger partial charge in [-0.2, -0.15) is 0 Å². The largest absolute Gasteiger partial charge is 0.494 e. The topological polar surface area (TPSA) is 71.5 Å². The fraction of sp³-hybridized carbons (Fsp3) is 0.500. The molecule has 29 heavy (non-hydrogen) atoms. The number of hydrogen-bond donors (Lipinski definition) is 1. The summed E-state index contributed by atoms with van der Waals surface area (Å²) in [6, 6.07) is 8.00. The zero-order chi connectivity index (χ0) is 20.2. The number of amides is 2. The number of benzene rings is 1. The zero-order valence-corrected chi connectivity index (χ0v) is 17.5. The van der Waals surface area contributed by atoms with Crippen LogP contribution in [-0.4, -0.2) is 47.4 Å². The lowest BCUT2D eigenvalue weighted by Gasteiger charge is -2.32. The van der Waals surface area contributed by atoms with Crippen LogP contribution in [0.25, 0.3) is 10.6 Å². The van der Waals surface area contributed by atoms with Crippen LogP contribution in [0, 0.1) is 5.92 Å². The standard InChI is InChI=1S/C22H27N3O3S/c1-2-28-19-7-5-15(6-8-19)21-24-18(14-29-21)13-20(26)23-17-9-11-25(12-10-17)22(27)16-3-4-16/h5-8,14,16-17H,2-4,9-13H2,1H3,(H,23,26). The molecule has 0 radical (unpaired) electrons. The van der Waals surface area contributed by atoms with Crippen molar-refractivity contribution in [3.05, 3.63) is 35.3 Å². The lowest BCUT2D eigenvalue weighted by atomic mass is 10.0. The molecule has 0 atom stereocenters. The van der Waals surface area contributed by atoms with E-state index in [-0.39, 0.29) is 24.3 Å². The molecule has 4 rings (SSSR count). The van der Waals surface area contributed by atoms with Gasteiger partial charge in [0.1, 0.15) is 10.8 Å². The number of nitrogens with zero attached hydrogens (tertiary/aromatic N) is 2. The van der Waals surface area contributed by atoms with Crippen molar-refractivity contribution in [3.8, 4) is 16.3 Å². The summed E-state index contributed by atoms with van der Waals surface area (Å²) >= 11 is 1.55. The first-order valence-electron chi connectivity index (χ1n) is 10.4. The maximum absolute atomic E-state index is 12.4. The van der Waals surface area contributed by atoms with Gasteiger partial charge in [0, 0.05) is 36.0 Å². The van der Waals surface area contributed by atoms with Crippen molar-refractivity contribution in [2.75, 3.05) is 19.7 Å². The fourth-order valence-electron chi connectivity index (χ4n) is 3.66. The molecule has 0 spiro atoms. The van der Waals surface area contributed by atoms with Crippen molar-refractivity contribution in [1.82, 2.24) is 15.2 Å². The van der Waals surface area contributed by atoms with E-state index in [0.29, 0.717) is 12.5 Å². The Morgan fingerprint density at radius 3 is 2.55 bits per heavy atom. The molecule has 1 saturated heterocycles. The van der Waals surface area contributed by atoms with Crippen molar-refractivity contribution in [2.24, 2.45) is 5.92 Å². The van der Waals surface area contributed by atoms with Crippen LogP contribution < -0.4 is 10.1 Å². The summed E-state index contributed by atoms with van der Waals surface area (Å²) in [6.45, 7) is 4.10. The smallest absolute Gasteiger partial charge is 0.226 e. The summed E-state index contributed by atoms with van der Waals surface area (Å²) in [5, 5.41) is 5.97. The summed E-state index contributed by atoms with van der Waals surface area (Å²) in [6.07, 6.45) is 4.04. The number of ether oxygens (including phenoxy) is 1. The number of carbonyl (C=O) groups excluding carboxylic acids is 2. The second-order valence-electron chi connectivity index (χ2n) is 7.72. The molecule has 1 aromatic carbocycles. The Morgan fingerprint density at radius 1 is 1.17 bits per heavy atom. The minimum Gasteiger partial charge on any atom is -0.494 e. The maximum atomic E-state index is 12.4. The van der Waals surface area contributed by atoms with Crippen molar-refractivity contribution in [3.63, 3.8) is 0 Å². The SMILES string of the molecule is CCOc1ccc(-c2nc(CC(=O)NC3CCN(C(=O)C4CC4)CC3)cs2)cc1. The summed E-state index contributed by atoms with van der Waals surface area (Å²) in [5.41, 5.74) is 1.82. The van der Waals surface area contributed by atoms with Gasteiger partial charge in [-0.15, -0.1) is 11.3 Å². The molecular weight excluding hydrogens is 386 g/mol. The number of nitrogens with one attached hydrogen (secondary N) is 1. The number of carbonyl (C=O) groups is 2. The average molecular weight is 414 g/mol. The van der Waals surface area contributed by atoms with E-state index in [0.717, 1.165) is 60.8 Å². The van der Waals surface area contributed by atoms with E-state index in [2.05, 4.69) is 10.3 Å². The molecule has 1 aliphatic heterocycles. The van der Waals surface area contributed by atoms with E-state index >= 15 is 0 Å². The molecule has 1 N–H and O–H groups in total. The Kier molecular flexibility index (Phi) is 6.13. The first-order chi connectivity index (χ1) is 14.1. The molecule has 0 unspecified atom stereocenters. The van der Waals surface area contributed by atoms with Crippen LogP contribution in [0.1, 0.15) is 38.3 Å². The number of aromatic nitrogens is 1. The highest BCUT2D eigenvalue weighted by atomic mass is 32.1. The predicted octanol–water partition coefficient (Wildman–Crippen LogP) is 3.27. The van der Waals surface area contributed by atoms with Gasteiger partial charge in [0.15, 0.2) is 0 Å². The molecule has 1 aliphatic carbocycles. The maximum Gasteiger partial charge on any atom is 0.226 e. The molecule has 2 heterocycles. The molecule has 7 heteroatoms. The van der Waals surface area contributed by atoms with Crippen molar-refractivity contribution < 1.29 is 14.3 Å². The first kappa shape index (κ1) is 19.9. The fourth-order valence-corrected chi connectivity index (χ4v) is 4.48. The second kappa shape index (κ2) is 8.95. The molecule has 0 bridgehead atoms.